The third-order valence-corrected chi connectivity index (χ3v) is 6.53. The lowest BCUT2D eigenvalue weighted by molar-refractivity contribution is -0.225. The van der Waals surface area contributed by atoms with Crippen molar-refractivity contribution in [3.05, 3.63) is 24.3 Å². The Morgan fingerprint density at radius 1 is 1.23 bits per heavy atom. The van der Waals surface area contributed by atoms with Gasteiger partial charge in [-0.15, -0.1) is 0 Å². The van der Waals surface area contributed by atoms with E-state index in [-0.39, 0.29) is 24.9 Å². The summed E-state index contributed by atoms with van der Waals surface area (Å²) in [7, 11) is 0. The van der Waals surface area contributed by atoms with Crippen molar-refractivity contribution in [2.24, 2.45) is 11.3 Å². The Morgan fingerprint density at radius 2 is 1.97 bits per heavy atom. The predicted molar refractivity (Wildman–Crippen MR) is 111 cm³/mol. The molecule has 8 nitrogen and oxygen atoms in total. The molecule has 0 amide bonds. The van der Waals surface area contributed by atoms with Gasteiger partial charge in [-0.05, 0) is 34.1 Å². The van der Waals surface area contributed by atoms with Crippen molar-refractivity contribution in [3.8, 4) is 0 Å². The zero-order valence-electron chi connectivity index (χ0n) is 18.7. The fourth-order valence-corrected chi connectivity index (χ4v) is 4.22. The van der Waals surface area contributed by atoms with E-state index in [1.54, 1.807) is 20.8 Å². The molecule has 3 aliphatic heterocycles. The molecule has 31 heavy (non-hydrogen) atoms. The maximum absolute atomic E-state index is 11.8. The van der Waals surface area contributed by atoms with Crippen LogP contribution >= 0.6 is 0 Å². The van der Waals surface area contributed by atoms with Crippen molar-refractivity contribution in [2.75, 3.05) is 6.61 Å². The van der Waals surface area contributed by atoms with E-state index in [4.69, 9.17) is 18.9 Å². The molecule has 3 unspecified atom stereocenters. The van der Waals surface area contributed by atoms with Crippen LogP contribution in [-0.2, 0) is 28.5 Å². The summed E-state index contributed by atoms with van der Waals surface area (Å²) in [6.07, 6.45) is 8.38. The number of hydrogen-bond acceptors (Lipinski definition) is 7. The third-order valence-electron chi connectivity index (χ3n) is 6.53. The number of carbonyl (C=O) groups excluding carboxylic acids is 1. The summed E-state index contributed by atoms with van der Waals surface area (Å²) in [5.74, 6) is -2.62. The average Bonchev–Trinajstić information content (AvgIpc) is 3.36. The molecule has 0 aromatic carbocycles. The zero-order valence-corrected chi connectivity index (χ0v) is 18.7. The normalized spacial score (nSPS) is 38.0. The number of rotatable bonds is 8. The number of carboxylic acid groups (broad SMARTS) is 1. The van der Waals surface area contributed by atoms with Crippen molar-refractivity contribution >= 4 is 11.9 Å². The molecule has 3 fully saturated rings. The Labute approximate surface area is 183 Å². The Morgan fingerprint density at radius 3 is 2.65 bits per heavy atom. The van der Waals surface area contributed by atoms with Gasteiger partial charge < -0.3 is 29.2 Å². The molecule has 174 valence electrons. The first-order chi connectivity index (χ1) is 14.6. The van der Waals surface area contributed by atoms with Crippen LogP contribution in [0.5, 0.6) is 0 Å². The van der Waals surface area contributed by atoms with Crippen LogP contribution in [0, 0.1) is 11.3 Å². The maximum atomic E-state index is 11.8. The predicted octanol–water partition coefficient (Wildman–Crippen LogP) is 2.59. The van der Waals surface area contributed by atoms with E-state index < -0.39 is 41.3 Å². The number of carboxylic acids is 1. The number of carbonyl (C=O) groups is 2. The minimum atomic E-state index is -1.04. The molecule has 3 heterocycles. The average molecular weight is 439 g/mol. The van der Waals surface area contributed by atoms with Crippen molar-refractivity contribution in [2.45, 2.75) is 89.7 Å². The van der Waals surface area contributed by atoms with Crippen LogP contribution in [0.1, 0.15) is 53.4 Å². The number of aliphatic carboxylic acids is 1. The van der Waals surface area contributed by atoms with Crippen molar-refractivity contribution < 1.29 is 38.7 Å². The van der Waals surface area contributed by atoms with E-state index in [1.807, 2.05) is 31.2 Å². The van der Waals surface area contributed by atoms with Gasteiger partial charge in [0.15, 0.2) is 5.79 Å². The standard InChI is InChI=1S/C23H34O8/c1-14(29-20(25)15(2)16(3)24)8-6-5-7-9-17-10-11-23(30-17)12-18-19(31-23)22(4,13-28-18)21(26)27/h5-7,9,14-19,24H,8,10-13H2,1-4H3,(H,26,27)/b6-5+,9-7+/t14?,15?,16?,17-,18-,19+,22-,23-/m1/s1. The molecule has 0 bridgehead atoms. The van der Waals surface area contributed by atoms with Crippen LogP contribution in [0.4, 0.5) is 0 Å². The lowest BCUT2D eigenvalue weighted by Gasteiger charge is -2.29. The number of allylic oxidation sites excluding steroid dienone is 2. The Kier molecular flexibility index (Phi) is 7.25. The van der Waals surface area contributed by atoms with Crippen LogP contribution in [0.3, 0.4) is 0 Å². The monoisotopic (exact) mass is 438 g/mol. The van der Waals surface area contributed by atoms with Crippen LogP contribution in [-0.4, -0.2) is 65.1 Å². The lowest BCUT2D eigenvalue weighted by Crippen LogP contribution is -2.42. The number of hydrogen-bond donors (Lipinski definition) is 2. The summed E-state index contributed by atoms with van der Waals surface area (Å²) < 4.78 is 23.3. The quantitative estimate of drug-likeness (QED) is 0.439. The Bertz CT molecular complexity index is 731. The van der Waals surface area contributed by atoms with Gasteiger partial charge in [0.25, 0.3) is 0 Å². The molecular weight excluding hydrogens is 404 g/mol. The van der Waals surface area contributed by atoms with E-state index in [9.17, 15) is 19.8 Å². The Balaban J connectivity index is 1.44. The van der Waals surface area contributed by atoms with Gasteiger partial charge in [0.2, 0.25) is 0 Å². The summed E-state index contributed by atoms with van der Waals surface area (Å²) >= 11 is 0. The second kappa shape index (κ2) is 9.40. The highest BCUT2D eigenvalue weighted by Crippen LogP contribution is 2.51. The van der Waals surface area contributed by atoms with Crippen LogP contribution in [0.2, 0.25) is 0 Å². The summed E-state index contributed by atoms with van der Waals surface area (Å²) in [5.41, 5.74) is -1.04. The minimum absolute atomic E-state index is 0.110. The molecule has 8 atom stereocenters. The van der Waals surface area contributed by atoms with Crippen molar-refractivity contribution in [3.63, 3.8) is 0 Å². The minimum Gasteiger partial charge on any atom is -0.481 e. The molecule has 0 aliphatic carbocycles. The molecule has 3 saturated heterocycles. The number of fused-ring (bicyclic) bond motifs is 1. The SMILES string of the molecule is CC(C/C=C/C=C/[C@@H]1CC[C@@]2(C[C@H]3OC[C@@](C)(C(=O)O)[C@H]3O2)O1)OC(=O)C(C)C(C)O. The van der Waals surface area contributed by atoms with Gasteiger partial charge in [0, 0.05) is 19.3 Å². The third kappa shape index (κ3) is 5.19. The molecule has 3 rings (SSSR count). The van der Waals surface area contributed by atoms with Gasteiger partial charge in [0.1, 0.15) is 17.6 Å². The highest BCUT2D eigenvalue weighted by Gasteiger charge is 2.63. The number of aliphatic hydroxyl groups excluding tert-OH is 1. The molecule has 1 spiro atoms. The number of aliphatic hydroxyl groups is 1. The lowest BCUT2D eigenvalue weighted by atomic mass is 9.85. The van der Waals surface area contributed by atoms with Crippen molar-refractivity contribution in [1.29, 1.82) is 0 Å². The van der Waals surface area contributed by atoms with E-state index >= 15 is 0 Å². The van der Waals surface area contributed by atoms with Gasteiger partial charge in [-0.25, -0.2) is 0 Å². The van der Waals surface area contributed by atoms with E-state index in [1.165, 1.54) is 0 Å². The van der Waals surface area contributed by atoms with Gasteiger partial charge in [-0.3, -0.25) is 9.59 Å². The smallest absolute Gasteiger partial charge is 0.314 e. The van der Waals surface area contributed by atoms with E-state index in [2.05, 4.69) is 0 Å². The van der Waals surface area contributed by atoms with E-state index in [0.717, 1.165) is 6.42 Å². The number of ether oxygens (including phenoxy) is 4. The Hall–Kier alpha value is -1.74. The highest BCUT2D eigenvalue weighted by molar-refractivity contribution is 5.76. The first kappa shape index (κ1) is 23.9. The molecule has 0 aromatic rings. The summed E-state index contributed by atoms with van der Waals surface area (Å²) in [4.78, 5) is 23.5. The molecule has 0 saturated carbocycles. The zero-order chi connectivity index (χ0) is 22.8. The van der Waals surface area contributed by atoms with E-state index in [0.29, 0.717) is 19.3 Å². The first-order valence-corrected chi connectivity index (χ1v) is 11.0. The fraction of sp³-hybridized carbons (Fsp3) is 0.739. The molecule has 8 heteroatoms. The first-order valence-electron chi connectivity index (χ1n) is 11.0. The van der Waals surface area contributed by atoms with Gasteiger partial charge >= 0.3 is 11.9 Å². The van der Waals surface area contributed by atoms with Crippen LogP contribution in [0.25, 0.3) is 0 Å². The summed E-state index contributed by atoms with van der Waals surface area (Å²) in [5, 5.41) is 19.0. The van der Waals surface area contributed by atoms with Crippen molar-refractivity contribution in [1.82, 2.24) is 0 Å². The molecule has 0 radical (unpaired) electrons. The fourth-order valence-electron chi connectivity index (χ4n) is 4.22. The second-order valence-electron chi connectivity index (χ2n) is 9.25. The maximum Gasteiger partial charge on any atom is 0.314 e. The van der Waals surface area contributed by atoms with Gasteiger partial charge in [0.05, 0.1) is 30.8 Å². The topological polar surface area (TPSA) is 112 Å². The van der Waals surface area contributed by atoms with Crippen LogP contribution in [0.15, 0.2) is 24.3 Å². The van der Waals surface area contributed by atoms with Crippen LogP contribution < -0.4 is 0 Å². The second-order valence-corrected chi connectivity index (χ2v) is 9.25. The number of esters is 1. The largest absolute Gasteiger partial charge is 0.481 e. The molecule has 2 N–H and O–H groups in total. The molecule has 0 aromatic heterocycles. The molecular formula is C23H34O8. The van der Waals surface area contributed by atoms with Gasteiger partial charge in [-0.1, -0.05) is 24.3 Å². The highest BCUT2D eigenvalue weighted by atomic mass is 16.7. The summed E-state index contributed by atoms with van der Waals surface area (Å²) in [6.45, 7) is 6.85. The van der Waals surface area contributed by atoms with Gasteiger partial charge in [-0.2, -0.15) is 0 Å². The molecule has 3 aliphatic rings. The summed E-state index contributed by atoms with van der Waals surface area (Å²) in [6, 6.07) is 0.